The van der Waals surface area contributed by atoms with Gasteiger partial charge in [-0.1, -0.05) is 18.2 Å². The van der Waals surface area contributed by atoms with E-state index in [0.717, 1.165) is 25.9 Å². The minimum absolute atomic E-state index is 0.145. The van der Waals surface area contributed by atoms with Gasteiger partial charge >= 0.3 is 6.01 Å². The zero-order chi connectivity index (χ0) is 19.5. The summed E-state index contributed by atoms with van der Waals surface area (Å²) < 4.78 is 7.08. The molecule has 1 aliphatic heterocycles. The summed E-state index contributed by atoms with van der Waals surface area (Å²) >= 11 is 0. The lowest BCUT2D eigenvalue weighted by Crippen LogP contribution is -2.23. The van der Waals surface area contributed by atoms with Crippen LogP contribution in [0, 0.1) is 0 Å². The maximum atomic E-state index is 12.2. The molecule has 28 heavy (non-hydrogen) atoms. The van der Waals surface area contributed by atoms with Crippen molar-refractivity contribution in [1.29, 1.82) is 0 Å². The molecule has 3 heterocycles. The fourth-order valence-electron chi connectivity index (χ4n) is 2.94. The smallest absolute Gasteiger partial charge is 0.330 e. The molecule has 2 aromatic heterocycles. The molecule has 1 saturated heterocycles. The van der Waals surface area contributed by atoms with Crippen molar-refractivity contribution >= 4 is 11.9 Å². The summed E-state index contributed by atoms with van der Waals surface area (Å²) in [6.45, 7) is 1.82. The minimum atomic E-state index is -0.249. The number of rotatable bonds is 5. The van der Waals surface area contributed by atoms with Crippen LogP contribution < -0.4 is 20.1 Å². The van der Waals surface area contributed by atoms with Crippen LogP contribution in [0.25, 0.3) is 5.69 Å². The van der Waals surface area contributed by atoms with Crippen molar-refractivity contribution in [3.05, 3.63) is 52.8 Å². The summed E-state index contributed by atoms with van der Waals surface area (Å²) in [5, 5.41) is 4.29. The molecular formula is C19H21N7O2. The van der Waals surface area contributed by atoms with Crippen LogP contribution in [-0.2, 0) is 0 Å². The minimum Gasteiger partial charge on any atom is -0.403 e. The molecule has 0 amide bonds. The van der Waals surface area contributed by atoms with Crippen molar-refractivity contribution in [1.82, 2.24) is 24.7 Å². The maximum Gasteiger partial charge on any atom is 0.330 e. The van der Waals surface area contributed by atoms with Crippen molar-refractivity contribution < 1.29 is 4.74 Å². The normalized spacial score (nSPS) is 13.6. The van der Waals surface area contributed by atoms with Gasteiger partial charge in [0.25, 0.3) is 5.56 Å². The van der Waals surface area contributed by atoms with Gasteiger partial charge in [-0.3, -0.25) is 4.79 Å². The number of anilines is 2. The predicted molar refractivity (Wildman–Crippen MR) is 106 cm³/mol. The fourth-order valence-corrected chi connectivity index (χ4v) is 2.94. The van der Waals surface area contributed by atoms with Crippen molar-refractivity contribution in [2.45, 2.75) is 12.8 Å². The average molecular weight is 379 g/mol. The molecule has 4 rings (SSSR count). The summed E-state index contributed by atoms with van der Waals surface area (Å²) in [6.07, 6.45) is 2.23. The Balaban J connectivity index is 1.68. The Labute approximate surface area is 162 Å². The Morgan fingerprint density at radius 2 is 1.71 bits per heavy atom. The van der Waals surface area contributed by atoms with Gasteiger partial charge in [0, 0.05) is 39.3 Å². The predicted octanol–water partition coefficient (Wildman–Crippen LogP) is 1.88. The second kappa shape index (κ2) is 7.63. The fraction of sp³-hybridized carbons (Fsp3) is 0.316. The van der Waals surface area contributed by atoms with Crippen LogP contribution in [0.2, 0.25) is 0 Å². The lowest BCUT2D eigenvalue weighted by Gasteiger charge is -2.18. The van der Waals surface area contributed by atoms with E-state index < -0.39 is 0 Å². The van der Waals surface area contributed by atoms with E-state index in [-0.39, 0.29) is 17.4 Å². The highest BCUT2D eigenvalue weighted by Gasteiger charge is 2.19. The van der Waals surface area contributed by atoms with Gasteiger partial charge < -0.3 is 14.5 Å². The largest absolute Gasteiger partial charge is 0.403 e. The monoisotopic (exact) mass is 379 g/mol. The second-order valence-electron chi connectivity index (χ2n) is 6.67. The molecule has 3 aromatic rings. The molecule has 0 bridgehead atoms. The summed E-state index contributed by atoms with van der Waals surface area (Å²) in [5.41, 5.74) is 0.404. The van der Waals surface area contributed by atoms with Gasteiger partial charge in [0.15, 0.2) is 0 Å². The van der Waals surface area contributed by atoms with Gasteiger partial charge in [-0.05, 0) is 25.0 Å². The molecule has 0 saturated carbocycles. The third-order valence-corrected chi connectivity index (χ3v) is 4.35. The van der Waals surface area contributed by atoms with Crippen LogP contribution >= 0.6 is 0 Å². The number of ether oxygens (including phenoxy) is 1. The van der Waals surface area contributed by atoms with E-state index in [4.69, 9.17) is 4.74 Å². The first-order valence-electron chi connectivity index (χ1n) is 9.12. The van der Waals surface area contributed by atoms with Gasteiger partial charge in [-0.25, -0.2) is 0 Å². The van der Waals surface area contributed by atoms with Crippen molar-refractivity contribution in [2.24, 2.45) is 0 Å². The summed E-state index contributed by atoms with van der Waals surface area (Å²) in [4.78, 5) is 29.4. The Hall–Kier alpha value is -3.49. The number of nitrogens with zero attached hydrogens (tertiary/aromatic N) is 7. The van der Waals surface area contributed by atoms with E-state index in [1.165, 1.54) is 16.8 Å². The third kappa shape index (κ3) is 3.78. The molecule has 0 unspecified atom stereocenters. The molecule has 0 spiro atoms. The molecular weight excluding hydrogens is 358 g/mol. The van der Waals surface area contributed by atoms with Gasteiger partial charge in [0.1, 0.15) is 0 Å². The Bertz CT molecular complexity index is 1010. The van der Waals surface area contributed by atoms with Crippen molar-refractivity contribution in [2.75, 3.05) is 37.0 Å². The highest BCUT2D eigenvalue weighted by Crippen LogP contribution is 2.23. The molecule has 0 radical (unpaired) electrons. The molecule has 1 aromatic carbocycles. The summed E-state index contributed by atoms with van der Waals surface area (Å²) in [5.74, 6) is 1.32. The summed E-state index contributed by atoms with van der Waals surface area (Å²) in [6, 6.07) is 12.2. The highest BCUT2D eigenvalue weighted by molar-refractivity contribution is 5.40. The standard InChI is InChI=1S/C19H21N7O2/c1-24(2)17-20-18(25-12-6-7-13-25)22-19(21-17)28-15-10-11-16(27)26(23-15)14-8-4-3-5-9-14/h3-5,8-11H,6-7,12-13H2,1-2H3. The first kappa shape index (κ1) is 17.9. The first-order valence-corrected chi connectivity index (χ1v) is 9.12. The molecule has 9 nitrogen and oxygen atoms in total. The molecule has 1 fully saturated rings. The number of hydrogen-bond donors (Lipinski definition) is 0. The van der Waals surface area contributed by atoms with Gasteiger partial charge in [0.2, 0.25) is 17.8 Å². The van der Waals surface area contributed by atoms with Gasteiger partial charge in [-0.2, -0.15) is 19.6 Å². The first-order chi connectivity index (χ1) is 13.6. The van der Waals surface area contributed by atoms with Crippen LogP contribution in [0.5, 0.6) is 11.9 Å². The SMILES string of the molecule is CN(C)c1nc(Oc2ccc(=O)n(-c3ccccc3)n2)nc(N2CCCC2)n1. The Kier molecular flexibility index (Phi) is 4.88. The van der Waals surface area contributed by atoms with Gasteiger partial charge in [0.05, 0.1) is 5.69 Å². The third-order valence-electron chi connectivity index (χ3n) is 4.35. The lowest BCUT2D eigenvalue weighted by atomic mass is 10.3. The van der Waals surface area contributed by atoms with E-state index in [2.05, 4.69) is 25.0 Å². The topological polar surface area (TPSA) is 89.3 Å². The highest BCUT2D eigenvalue weighted by atomic mass is 16.5. The zero-order valence-electron chi connectivity index (χ0n) is 15.8. The Morgan fingerprint density at radius 1 is 0.964 bits per heavy atom. The molecule has 0 atom stereocenters. The number of para-hydroxylation sites is 1. The van der Waals surface area contributed by atoms with Crippen molar-refractivity contribution in [3.63, 3.8) is 0 Å². The Morgan fingerprint density at radius 3 is 2.43 bits per heavy atom. The quantitative estimate of drug-likeness (QED) is 0.664. The summed E-state index contributed by atoms with van der Waals surface area (Å²) in [7, 11) is 3.72. The van der Waals surface area contributed by atoms with E-state index in [0.29, 0.717) is 17.6 Å². The molecule has 9 heteroatoms. The van der Waals surface area contributed by atoms with Crippen LogP contribution in [0.1, 0.15) is 12.8 Å². The van der Waals surface area contributed by atoms with E-state index in [1.54, 1.807) is 17.0 Å². The zero-order valence-corrected chi connectivity index (χ0v) is 15.8. The van der Waals surface area contributed by atoms with Gasteiger partial charge in [-0.15, -0.1) is 5.10 Å². The maximum absolute atomic E-state index is 12.2. The van der Waals surface area contributed by atoms with Crippen LogP contribution in [0.15, 0.2) is 47.3 Å². The number of hydrogen-bond acceptors (Lipinski definition) is 8. The molecule has 144 valence electrons. The average Bonchev–Trinajstić information content (AvgIpc) is 3.25. The molecule has 0 aliphatic carbocycles. The van der Waals surface area contributed by atoms with Crippen molar-refractivity contribution in [3.8, 4) is 17.6 Å². The van der Waals surface area contributed by atoms with E-state index in [9.17, 15) is 4.79 Å². The van der Waals surface area contributed by atoms with Crippen LogP contribution in [-0.4, -0.2) is 51.9 Å². The van der Waals surface area contributed by atoms with Crippen LogP contribution in [0.4, 0.5) is 11.9 Å². The number of aromatic nitrogens is 5. The lowest BCUT2D eigenvalue weighted by molar-refractivity contribution is 0.410. The molecule has 1 aliphatic rings. The molecule has 0 N–H and O–H groups in total. The van der Waals surface area contributed by atoms with E-state index >= 15 is 0 Å². The second-order valence-corrected chi connectivity index (χ2v) is 6.67. The van der Waals surface area contributed by atoms with E-state index in [1.807, 2.05) is 32.3 Å². The van der Waals surface area contributed by atoms with Crippen LogP contribution in [0.3, 0.4) is 0 Å². The number of benzene rings is 1.